The first-order valence-corrected chi connectivity index (χ1v) is 7.47. The van der Waals surface area contributed by atoms with Gasteiger partial charge in [-0.2, -0.15) is 0 Å². The first kappa shape index (κ1) is 15.1. The van der Waals surface area contributed by atoms with Gasteiger partial charge in [-0.25, -0.2) is 9.97 Å². The Bertz CT molecular complexity index is 839. The molecule has 23 heavy (non-hydrogen) atoms. The summed E-state index contributed by atoms with van der Waals surface area (Å²) < 4.78 is 7.48. The van der Waals surface area contributed by atoms with Gasteiger partial charge in [0.05, 0.1) is 24.8 Å². The van der Waals surface area contributed by atoms with Crippen LogP contribution in [0.4, 0.5) is 11.5 Å². The van der Waals surface area contributed by atoms with Crippen LogP contribution in [0.2, 0.25) is 0 Å². The predicted molar refractivity (Wildman–Crippen MR) is 91.8 cm³/mol. The molecule has 0 saturated heterocycles. The summed E-state index contributed by atoms with van der Waals surface area (Å²) in [6, 6.07) is 10.0. The Morgan fingerprint density at radius 3 is 2.57 bits per heavy atom. The minimum atomic E-state index is 0.776. The lowest BCUT2D eigenvalue weighted by Crippen LogP contribution is -2.00. The number of rotatable bonds is 4. The lowest BCUT2D eigenvalue weighted by atomic mass is 10.2. The van der Waals surface area contributed by atoms with Crippen LogP contribution in [0.25, 0.3) is 5.69 Å². The Hall–Kier alpha value is -2.82. The second kappa shape index (κ2) is 6.12. The van der Waals surface area contributed by atoms with Crippen molar-refractivity contribution < 1.29 is 4.74 Å². The zero-order valence-electron chi connectivity index (χ0n) is 13.8. The molecular weight excluding hydrogens is 288 g/mol. The lowest BCUT2D eigenvalue weighted by Gasteiger charge is -2.13. The van der Waals surface area contributed by atoms with E-state index in [1.807, 2.05) is 55.8 Å². The van der Waals surface area contributed by atoms with Gasteiger partial charge in [0.1, 0.15) is 11.6 Å². The maximum absolute atomic E-state index is 5.53. The molecule has 1 aromatic carbocycles. The fourth-order valence-corrected chi connectivity index (χ4v) is 2.41. The maximum Gasteiger partial charge on any atom is 0.144 e. The van der Waals surface area contributed by atoms with E-state index in [-0.39, 0.29) is 0 Å². The Balaban J connectivity index is 1.94. The number of hydrogen-bond acceptors (Lipinski definition) is 4. The van der Waals surface area contributed by atoms with Gasteiger partial charge in [0.15, 0.2) is 0 Å². The van der Waals surface area contributed by atoms with Crippen LogP contribution >= 0.6 is 0 Å². The summed E-state index contributed by atoms with van der Waals surface area (Å²) in [4.78, 5) is 8.80. The molecule has 2 heterocycles. The maximum atomic E-state index is 5.53. The summed E-state index contributed by atoms with van der Waals surface area (Å²) in [6.45, 7) is 5.98. The average molecular weight is 308 g/mol. The molecule has 0 amide bonds. The van der Waals surface area contributed by atoms with Gasteiger partial charge >= 0.3 is 0 Å². The Morgan fingerprint density at radius 2 is 1.87 bits per heavy atom. The zero-order valence-corrected chi connectivity index (χ0v) is 13.8. The van der Waals surface area contributed by atoms with Gasteiger partial charge in [0, 0.05) is 23.6 Å². The molecule has 0 aliphatic rings. The number of methoxy groups -OCH3 is 1. The highest BCUT2D eigenvalue weighted by atomic mass is 16.5. The molecule has 3 rings (SSSR count). The predicted octanol–water partition coefficient (Wildman–Crippen LogP) is 3.94. The largest absolute Gasteiger partial charge is 0.494 e. The fourth-order valence-electron chi connectivity index (χ4n) is 2.41. The van der Waals surface area contributed by atoms with Crippen molar-refractivity contribution in [2.75, 3.05) is 12.4 Å². The van der Waals surface area contributed by atoms with E-state index in [9.17, 15) is 0 Å². The van der Waals surface area contributed by atoms with Crippen LogP contribution in [0, 0.1) is 20.8 Å². The van der Waals surface area contributed by atoms with Crippen molar-refractivity contribution in [1.82, 2.24) is 14.5 Å². The van der Waals surface area contributed by atoms with Crippen molar-refractivity contribution in [3.63, 3.8) is 0 Å². The number of anilines is 2. The fraction of sp³-hybridized carbons (Fsp3) is 0.222. The molecule has 0 aliphatic heterocycles. The molecule has 0 saturated carbocycles. The molecule has 3 aromatic rings. The van der Waals surface area contributed by atoms with E-state index >= 15 is 0 Å². The molecule has 0 aliphatic carbocycles. The number of imidazole rings is 1. The highest BCUT2D eigenvalue weighted by Crippen LogP contribution is 2.28. The summed E-state index contributed by atoms with van der Waals surface area (Å²) in [7, 11) is 1.67. The number of aryl methyl sites for hydroxylation is 3. The number of hydrogen-bond donors (Lipinski definition) is 1. The van der Waals surface area contributed by atoms with Crippen LogP contribution in [0.1, 0.15) is 17.0 Å². The number of ether oxygens (including phenoxy) is 1. The summed E-state index contributed by atoms with van der Waals surface area (Å²) in [6.07, 6.45) is 3.75. The van der Waals surface area contributed by atoms with E-state index < -0.39 is 0 Å². The number of benzene rings is 1. The molecule has 1 N–H and O–H groups in total. The molecule has 0 bridgehead atoms. The van der Waals surface area contributed by atoms with E-state index in [4.69, 9.17) is 4.74 Å². The van der Waals surface area contributed by atoms with Gasteiger partial charge < -0.3 is 14.6 Å². The first-order valence-electron chi connectivity index (χ1n) is 7.47. The van der Waals surface area contributed by atoms with E-state index in [1.165, 1.54) is 0 Å². The van der Waals surface area contributed by atoms with E-state index in [1.54, 1.807) is 13.4 Å². The topological polar surface area (TPSA) is 52.0 Å². The van der Waals surface area contributed by atoms with Crippen molar-refractivity contribution >= 4 is 11.5 Å². The third kappa shape index (κ3) is 3.18. The van der Waals surface area contributed by atoms with E-state index in [2.05, 4.69) is 21.4 Å². The van der Waals surface area contributed by atoms with Crippen LogP contribution in [-0.2, 0) is 0 Å². The van der Waals surface area contributed by atoms with Crippen molar-refractivity contribution in [3.8, 4) is 11.4 Å². The van der Waals surface area contributed by atoms with Crippen molar-refractivity contribution in [2.45, 2.75) is 20.8 Å². The van der Waals surface area contributed by atoms with Gasteiger partial charge in [-0.05, 0) is 44.5 Å². The van der Waals surface area contributed by atoms with Gasteiger partial charge in [-0.3, -0.25) is 0 Å². The van der Waals surface area contributed by atoms with E-state index in [0.717, 1.165) is 39.9 Å². The normalized spacial score (nSPS) is 10.6. The smallest absolute Gasteiger partial charge is 0.144 e. The SMILES string of the molecule is COc1cc(Nc2nc(C)ccc2C)ccc1-n1cnc(C)c1. The minimum Gasteiger partial charge on any atom is -0.494 e. The monoisotopic (exact) mass is 308 g/mol. The first-order chi connectivity index (χ1) is 11.1. The molecule has 2 aromatic heterocycles. The van der Waals surface area contributed by atoms with Crippen LogP contribution in [-0.4, -0.2) is 21.6 Å². The zero-order chi connectivity index (χ0) is 16.4. The van der Waals surface area contributed by atoms with Crippen molar-refractivity contribution in [1.29, 1.82) is 0 Å². The Morgan fingerprint density at radius 1 is 1.04 bits per heavy atom. The third-order valence-electron chi connectivity index (χ3n) is 3.67. The number of nitrogens with zero attached hydrogens (tertiary/aromatic N) is 3. The molecule has 0 unspecified atom stereocenters. The second-order valence-corrected chi connectivity index (χ2v) is 5.55. The molecule has 5 heteroatoms. The summed E-state index contributed by atoms with van der Waals surface area (Å²) in [5.74, 6) is 1.64. The van der Waals surface area contributed by atoms with Crippen molar-refractivity contribution in [2.24, 2.45) is 0 Å². The van der Waals surface area contributed by atoms with Crippen molar-refractivity contribution in [3.05, 3.63) is 59.8 Å². The summed E-state index contributed by atoms with van der Waals surface area (Å²) >= 11 is 0. The van der Waals surface area contributed by atoms with Crippen LogP contribution in [0.3, 0.4) is 0 Å². The number of pyridine rings is 1. The second-order valence-electron chi connectivity index (χ2n) is 5.55. The van der Waals surface area contributed by atoms with Crippen LogP contribution < -0.4 is 10.1 Å². The molecule has 0 radical (unpaired) electrons. The Kier molecular flexibility index (Phi) is 4.02. The lowest BCUT2D eigenvalue weighted by molar-refractivity contribution is 0.413. The molecular formula is C18H20N4O. The minimum absolute atomic E-state index is 0.776. The molecule has 118 valence electrons. The van der Waals surface area contributed by atoms with E-state index in [0.29, 0.717) is 0 Å². The Labute approximate surface area is 136 Å². The standard InChI is InChI=1S/C18H20N4O/c1-12-5-6-13(2)20-18(12)21-15-7-8-16(17(9-15)23-4)22-10-14(3)19-11-22/h5-11H,1-4H3,(H,20,21). The number of nitrogens with one attached hydrogen (secondary N) is 1. The number of aromatic nitrogens is 3. The quantitative estimate of drug-likeness (QED) is 0.793. The molecule has 5 nitrogen and oxygen atoms in total. The molecule has 0 atom stereocenters. The van der Waals surface area contributed by atoms with Gasteiger partial charge in [-0.1, -0.05) is 6.07 Å². The summed E-state index contributed by atoms with van der Waals surface area (Å²) in [5.41, 5.74) is 4.93. The summed E-state index contributed by atoms with van der Waals surface area (Å²) in [5, 5.41) is 3.36. The average Bonchev–Trinajstić information content (AvgIpc) is 2.97. The van der Waals surface area contributed by atoms with Gasteiger partial charge in [0.2, 0.25) is 0 Å². The molecule has 0 spiro atoms. The highest BCUT2D eigenvalue weighted by molar-refractivity contribution is 5.64. The van der Waals surface area contributed by atoms with Gasteiger partial charge in [0.25, 0.3) is 0 Å². The molecule has 0 fully saturated rings. The van der Waals surface area contributed by atoms with Crippen LogP contribution in [0.15, 0.2) is 42.9 Å². The highest BCUT2D eigenvalue weighted by Gasteiger charge is 2.08. The third-order valence-corrected chi connectivity index (χ3v) is 3.67. The van der Waals surface area contributed by atoms with Crippen LogP contribution in [0.5, 0.6) is 5.75 Å². The van der Waals surface area contributed by atoms with Gasteiger partial charge in [-0.15, -0.1) is 0 Å².